The van der Waals surface area contributed by atoms with Gasteiger partial charge in [0.2, 0.25) is 11.8 Å². The van der Waals surface area contributed by atoms with E-state index in [4.69, 9.17) is 4.52 Å². The average molecular weight is 306 g/mol. The highest BCUT2D eigenvalue weighted by Crippen LogP contribution is 2.28. The van der Waals surface area contributed by atoms with Crippen molar-refractivity contribution >= 4 is 17.2 Å². The molecular weight excluding hydrogens is 288 g/mol. The fourth-order valence-electron chi connectivity index (χ4n) is 2.39. The molecule has 1 N–H and O–H groups in total. The summed E-state index contributed by atoms with van der Waals surface area (Å²) in [7, 11) is 0. The second-order valence-electron chi connectivity index (χ2n) is 5.38. The summed E-state index contributed by atoms with van der Waals surface area (Å²) in [5.74, 6) is 1.52. The van der Waals surface area contributed by atoms with Crippen molar-refractivity contribution in [2.75, 3.05) is 13.1 Å². The molecule has 7 heteroatoms. The van der Waals surface area contributed by atoms with Crippen molar-refractivity contribution in [3.63, 3.8) is 0 Å². The summed E-state index contributed by atoms with van der Waals surface area (Å²) < 4.78 is 5.23. The largest absolute Gasteiger partial charge is 0.353 e. The Balaban J connectivity index is 1.79. The van der Waals surface area contributed by atoms with Crippen LogP contribution in [0, 0.1) is 0 Å². The van der Waals surface area contributed by atoms with E-state index in [1.54, 1.807) is 11.3 Å². The lowest BCUT2D eigenvalue weighted by molar-refractivity contribution is -0.129. The molecule has 2 aromatic rings. The number of hydrogen-bond acceptors (Lipinski definition) is 6. The van der Waals surface area contributed by atoms with Gasteiger partial charge in [-0.05, 0) is 11.4 Å². The summed E-state index contributed by atoms with van der Waals surface area (Å²) >= 11 is 1.59. The van der Waals surface area contributed by atoms with Crippen molar-refractivity contribution in [1.82, 2.24) is 20.4 Å². The van der Waals surface area contributed by atoms with Gasteiger partial charge in [0.15, 0.2) is 5.82 Å². The molecule has 6 nitrogen and oxygen atoms in total. The third-order valence-electron chi connectivity index (χ3n) is 3.45. The minimum Gasteiger partial charge on any atom is -0.353 e. The zero-order chi connectivity index (χ0) is 14.8. The van der Waals surface area contributed by atoms with Gasteiger partial charge >= 0.3 is 0 Å². The van der Waals surface area contributed by atoms with Crippen molar-refractivity contribution in [3.8, 4) is 0 Å². The van der Waals surface area contributed by atoms with E-state index in [9.17, 15) is 4.79 Å². The maximum Gasteiger partial charge on any atom is 0.242 e. The summed E-state index contributed by atoms with van der Waals surface area (Å²) in [6, 6.07) is 3.69. The third-order valence-corrected chi connectivity index (χ3v) is 4.37. The summed E-state index contributed by atoms with van der Waals surface area (Å²) in [5.41, 5.74) is 0. The zero-order valence-corrected chi connectivity index (χ0v) is 12.9. The highest BCUT2D eigenvalue weighted by Gasteiger charge is 2.32. The number of carbonyl (C=O) groups is 1. The fourth-order valence-corrected chi connectivity index (χ4v) is 3.24. The molecule has 0 aromatic carbocycles. The van der Waals surface area contributed by atoms with Crippen LogP contribution in [0.4, 0.5) is 0 Å². The van der Waals surface area contributed by atoms with E-state index in [1.165, 1.54) is 0 Å². The molecule has 1 amide bonds. The van der Waals surface area contributed by atoms with Crippen LogP contribution in [0.25, 0.3) is 0 Å². The molecule has 1 aliphatic rings. The van der Waals surface area contributed by atoms with Crippen LogP contribution in [0.3, 0.4) is 0 Å². The van der Waals surface area contributed by atoms with Gasteiger partial charge in [-0.15, -0.1) is 11.3 Å². The molecule has 21 heavy (non-hydrogen) atoms. The molecule has 0 bridgehead atoms. The van der Waals surface area contributed by atoms with E-state index >= 15 is 0 Å². The standard InChI is InChI=1S/C14H18N4O2S/c1-9(2)14-16-11(17-20-14)8-18-6-5-15-13(19)12(18)10-4-3-7-21-10/h3-4,7,9,12H,5-6,8H2,1-2H3,(H,15,19). The summed E-state index contributed by atoms with van der Waals surface area (Å²) in [5, 5.41) is 8.92. The Morgan fingerprint density at radius 2 is 2.43 bits per heavy atom. The summed E-state index contributed by atoms with van der Waals surface area (Å²) in [4.78, 5) is 19.7. The van der Waals surface area contributed by atoms with Gasteiger partial charge in [0.25, 0.3) is 0 Å². The van der Waals surface area contributed by atoms with Crippen LogP contribution in [0.1, 0.15) is 42.4 Å². The molecule has 1 aliphatic heterocycles. The Labute approximate surface area is 127 Å². The number of aromatic nitrogens is 2. The van der Waals surface area contributed by atoms with Gasteiger partial charge in [-0.1, -0.05) is 25.1 Å². The summed E-state index contributed by atoms with van der Waals surface area (Å²) in [6.07, 6.45) is 0. The maximum absolute atomic E-state index is 12.2. The lowest BCUT2D eigenvalue weighted by atomic mass is 10.1. The number of piperazine rings is 1. The van der Waals surface area contributed by atoms with Crippen LogP contribution in [-0.2, 0) is 11.3 Å². The second kappa shape index (κ2) is 5.95. The van der Waals surface area contributed by atoms with Crippen LogP contribution in [-0.4, -0.2) is 34.0 Å². The first-order valence-electron chi connectivity index (χ1n) is 7.03. The number of amides is 1. The van der Waals surface area contributed by atoms with E-state index in [2.05, 4.69) is 20.4 Å². The van der Waals surface area contributed by atoms with Gasteiger partial charge in [-0.25, -0.2) is 0 Å². The van der Waals surface area contributed by atoms with Crippen LogP contribution in [0.5, 0.6) is 0 Å². The smallest absolute Gasteiger partial charge is 0.242 e. The molecule has 0 saturated carbocycles. The molecule has 1 saturated heterocycles. The van der Waals surface area contributed by atoms with Gasteiger partial charge in [0.05, 0.1) is 6.54 Å². The van der Waals surface area contributed by atoms with Crippen molar-refractivity contribution < 1.29 is 9.32 Å². The highest BCUT2D eigenvalue weighted by molar-refractivity contribution is 7.10. The molecule has 0 spiro atoms. The molecule has 1 unspecified atom stereocenters. The van der Waals surface area contributed by atoms with Gasteiger partial charge in [-0.3, -0.25) is 9.69 Å². The minimum absolute atomic E-state index is 0.0382. The Morgan fingerprint density at radius 1 is 1.57 bits per heavy atom. The van der Waals surface area contributed by atoms with Gasteiger partial charge in [-0.2, -0.15) is 4.98 Å². The quantitative estimate of drug-likeness (QED) is 0.934. The maximum atomic E-state index is 12.2. The molecule has 1 fully saturated rings. The minimum atomic E-state index is -0.264. The SMILES string of the molecule is CC(C)c1nc(CN2CCNC(=O)C2c2cccs2)no1. The molecule has 3 rings (SSSR count). The van der Waals surface area contributed by atoms with Crippen molar-refractivity contribution in [1.29, 1.82) is 0 Å². The highest BCUT2D eigenvalue weighted by atomic mass is 32.1. The lowest BCUT2D eigenvalue weighted by Crippen LogP contribution is -2.49. The number of thiophene rings is 1. The molecule has 0 aliphatic carbocycles. The number of hydrogen-bond donors (Lipinski definition) is 1. The predicted octanol–water partition coefficient (Wildman–Crippen LogP) is 1.93. The van der Waals surface area contributed by atoms with E-state index in [0.717, 1.165) is 11.4 Å². The average Bonchev–Trinajstić information content (AvgIpc) is 3.10. The van der Waals surface area contributed by atoms with Crippen LogP contribution < -0.4 is 5.32 Å². The molecule has 3 heterocycles. The van der Waals surface area contributed by atoms with Crippen LogP contribution in [0.2, 0.25) is 0 Å². The lowest BCUT2D eigenvalue weighted by Gasteiger charge is -2.33. The van der Waals surface area contributed by atoms with Crippen LogP contribution in [0.15, 0.2) is 22.0 Å². The Morgan fingerprint density at radius 3 is 3.10 bits per heavy atom. The number of nitrogens with zero attached hydrogens (tertiary/aromatic N) is 3. The Hall–Kier alpha value is -1.73. The van der Waals surface area contributed by atoms with E-state index in [0.29, 0.717) is 24.8 Å². The van der Waals surface area contributed by atoms with Crippen molar-refractivity contribution in [3.05, 3.63) is 34.1 Å². The zero-order valence-electron chi connectivity index (χ0n) is 12.1. The topological polar surface area (TPSA) is 71.3 Å². The fraction of sp³-hybridized carbons (Fsp3) is 0.500. The number of carbonyl (C=O) groups excluding carboxylic acids is 1. The molecule has 0 radical (unpaired) electrons. The number of nitrogens with one attached hydrogen (secondary N) is 1. The first-order chi connectivity index (χ1) is 10.1. The second-order valence-corrected chi connectivity index (χ2v) is 6.36. The molecular formula is C14H18N4O2S. The van der Waals surface area contributed by atoms with E-state index < -0.39 is 0 Å². The number of rotatable bonds is 4. The van der Waals surface area contributed by atoms with Gasteiger partial charge in [0.1, 0.15) is 6.04 Å². The van der Waals surface area contributed by atoms with Crippen molar-refractivity contribution in [2.45, 2.75) is 32.4 Å². The van der Waals surface area contributed by atoms with Gasteiger partial charge < -0.3 is 9.84 Å². The molecule has 2 aromatic heterocycles. The molecule has 112 valence electrons. The monoisotopic (exact) mass is 306 g/mol. The Bertz CT molecular complexity index is 608. The molecule has 1 atom stereocenters. The van der Waals surface area contributed by atoms with Crippen molar-refractivity contribution in [2.24, 2.45) is 0 Å². The third kappa shape index (κ3) is 2.98. The Kier molecular flexibility index (Phi) is 4.03. The first-order valence-corrected chi connectivity index (χ1v) is 7.90. The van der Waals surface area contributed by atoms with E-state index in [1.807, 2.05) is 31.4 Å². The normalized spacial score (nSPS) is 20.0. The first kappa shape index (κ1) is 14.2. The van der Waals surface area contributed by atoms with E-state index in [-0.39, 0.29) is 17.9 Å². The van der Waals surface area contributed by atoms with Gasteiger partial charge in [0, 0.05) is 23.9 Å². The summed E-state index contributed by atoms with van der Waals surface area (Å²) in [6.45, 7) is 5.97. The predicted molar refractivity (Wildman–Crippen MR) is 78.9 cm³/mol. The van der Waals surface area contributed by atoms with Crippen LogP contribution >= 0.6 is 11.3 Å².